The van der Waals surface area contributed by atoms with E-state index in [0.29, 0.717) is 32.1 Å². The zero-order chi connectivity index (χ0) is 42.0. The number of ether oxygens (including phenoxy) is 8. The summed E-state index contributed by atoms with van der Waals surface area (Å²) < 4.78 is 45.2. The second-order valence-electron chi connectivity index (χ2n) is 16.8. The Morgan fingerprint density at radius 2 is 1.36 bits per heavy atom. The zero-order valence-corrected chi connectivity index (χ0v) is 32.6. The normalized spacial score (nSPS) is 50.3. The van der Waals surface area contributed by atoms with Crippen LogP contribution in [0, 0.1) is 17.8 Å². The number of aliphatic hydroxyl groups is 13. The summed E-state index contributed by atoms with van der Waals surface area (Å²) in [5.74, 6) is -1.91. The summed E-state index contributed by atoms with van der Waals surface area (Å²) >= 11 is 0. The average molecular weight is 840 g/mol. The van der Waals surface area contributed by atoms with E-state index in [2.05, 4.69) is 0 Å². The molecule has 0 bridgehead atoms. The van der Waals surface area contributed by atoms with Gasteiger partial charge in [0.1, 0.15) is 54.9 Å². The molecule has 3 saturated heterocycles. The maximum Gasteiger partial charge on any atom is 0.330 e. The van der Waals surface area contributed by atoms with E-state index in [4.69, 9.17) is 37.9 Å². The Morgan fingerprint density at radius 3 is 2.02 bits per heavy atom. The minimum atomic E-state index is -1.85. The number of hydrogen-bond acceptors (Lipinski definition) is 19. The Bertz CT molecular complexity index is 1330. The van der Waals surface area contributed by atoms with Crippen LogP contribution < -0.4 is 0 Å². The van der Waals surface area contributed by atoms with Gasteiger partial charge < -0.3 is 94.1 Å². The fourth-order valence-corrected chi connectivity index (χ4v) is 9.60. The van der Waals surface area contributed by atoms with Crippen molar-refractivity contribution in [3.05, 3.63) is 12.2 Å². The Hall–Kier alpha value is -1.51. The van der Waals surface area contributed by atoms with Crippen molar-refractivity contribution in [1.82, 2.24) is 0 Å². The van der Waals surface area contributed by atoms with Crippen LogP contribution in [0.3, 0.4) is 0 Å². The van der Waals surface area contributed by atoms with Crippen LogP contribution in [0.25, 0.3) is 0 Å². The average Bonchev–Trinajstić information content (AvgIpc) is 3.20. The molecule has 3 aliphatic heterocycles. The molecule has 20 nitrogen and oxygen atoms in total. The minimum absolute atomic E-state index is 0.130. The third-order valence-corrected chi connectivity index (χ3v) is 13.0. The van der Waals surface area contributed by atoms with E-state index >= 15 is 0 Å². The van der Waals surface area contributed by atoms with Gasteiger partial charge in [-0.05, 0) is 44.4 Å². The molecular weight excluding hydrogens is 776 g/mol. The Kier molecular flexibility index (Phi) is 16.0. The SMILES string of the molecule is COC1CC(C=CC(=O)O[C@H]2[C@H](O)[C@@H](O)[C@H](OC3CC4C(O)CC(O)CC4[OH+]C3C3CCC(O)C(O)C3)O[C@@H]2CO[C@@H]2O[C@H](CO)[C@@H](O)[C@H](O)[C@H]2O)CC(OC)C1O. The Balaban J connectivity index is 1.21. The van der Waals surface area contributed by atoms with Gasteiger partial charge in [-0.15, -0.1) is 0 Å². The highest BCUT2D eigenvalue weighted by Gasteiger charge is 2.56. The Morgan fingerprint density at radius 1 is 0.690 bits per heavy atom. The van der Waals surface area contributed by atoms with Gasteiger partial charge in [0, 0.05) is 39.1 Å². The summed E-state index contributed by atoms with van der Waals surface area (Å²) in [5, 5.41) is 117. The second kappa shape index (κ2) is 20.1. The molecule has 21 atom stereocenters. The predicted molar refractivity (Wildman–Crippen MR) is 193 cm³/mol. The molecule has 0 aromatic rings. The van der Waals surface area contributed by atoms with E-state index in [1.165, 1.54) is 14.2 Å². The van der Waals surface area contributed by atoms with Crippen LogP contribution in [0.2, 0.25) is 0 Å². The number of fused-ring (bicyclic) bond motifs is 1. The van der Waals surface area contributed by atoms with E-state index in [1.54, 1.807) is 6.08 Å². The third-order valence-electron chi connectivity index (χ3n) is 13.0. The van der Waals surface area contributed by atoms with Crippen LogP contribution in [-0.2, 0) is 38.0 Å². The van der Waals surface area contributed by atoms with Gasteiger partial charge in [0.05, 0.1) is 55.8 Å². The number of methoxy groups -OCH3 is 2. The Labute approximate surface area is 335 Å². The van der Waals surface area contributed by atoms with Gasteiger partial charge in [0.25, 0.3) is 0 Å². The fraction of sp³-hybridized carbons (Fsp3) is 0.921. The van der Waals surface area contributed by atoms with Crippen LogP contribution >= 0.6 is 0 Å². The topological polar surface area (TPSA) is 317 Å². The quantitative estimate of drug-likeness (QED) is 0.0499. The maximum atomic E-state index is 13.3. The van der Waals surface area contributed by atoms with Crippen LogP contribution in [0.1, 0.15) is 51.4 Å². The minimum Gasteiger partial charge on any atom is -0.453 e. The smallest absolute Gasteiger partial charge is 0.330 e. The van der Waals surface area contributed by atoms with E-state index in [9.17, 15) is 61.0 Å². The first-order valence-electron chi connectivity index (χ1n) is 20.3. The molecule has 0 spiro atoms. The second-order valence-corrected chi connectivity index (χ2v) is 16.8. The summed E-state index contributed by atoms with van der Waals surface area (Å²) in [6, 6.07) is 0. The van der Waals surface area contributed by atoms with Crippen LogP contribution in [0.5, 0.6) is 0 Å². The van der Waals surface area contributed by atoms with Gasteiger partial charge in [-0.1, -0.05) is 6.08 Å². The van der Waals surface area contributed by atoms with Crippen molar-refractivity contribution >= 4 is 5.97 Å². The lowest BCUT2D eigenvalue weighted by molar-refractivity contribution is -0.363. The highest BCUT2D eigenvalue weighted by molar-refractivity contribution is 5.82. The van der Waals surface area contributed by atoms with Gasteiger partial charge in [-0.2, -0.15) is 0 Å². The van der Waals surface area contributed by atoms with Crippen LogP contribution in [0.4, 0.5) is 0 Å². The lowest BCUT2D eigenvalue weighted by Crippen LogP contribution is -2.64. The molecular formula is C38H63O20+. The van der Waals surface area contributed by atoms with Crippen molar-refractivity contribution in [2.75, 3.05) is 27.4 Å². The van der Waals surface area contributed by atoms with Crippen molar-refractivity contribution in [1.29, 1.82) is 0 Å². The number of allylic oxidation sites excluding steroid dienone is 1. The van der Waals surface area contributed by atoms with Crippen molar-refractivity contribution in [2.45, 2.75) is 174 Å². The van der Waals surface area contributed by atoms with Crippen molar-refractivity contribution in [2.24, 2.45) is 17.8 Å². The van der Waals surface area contributed by atoms with E-state index in [-0.39, 0.29) is 31.1 Å². The number of rotatable bonds is 12. The molecule has 58 heavy (non-hydrogen) atoms. The van der Waals surface area contributed by atoms with Crippen molar-refractivity contribution in [3.8, 4) is 0 Å². The number of esters is 1. The van der Waals surface area contributed by atoms with Gasteiger partial charge in [-0.25, -0.2) is 4.79 Å². The van der Waals surface area contributed by atoms with Gasteiger partial charge in [0.2, 0.25) is 0 Å². The standard InChI is InChI=1S/C38H62O20/c1-51-23-7-15(8-24(52-2)29(23)45)3-6-28(44)58-36-27(14-53-37-33(49)31(47)30(46)26(13-39)56-37)57-38(34(50)32(36)48)55-25-12-18-20(42)10-17(40)11-22(18)54-35(25)16-4-5-19(41)21(43)9-16/h3,6,15-27,29-43,45-50H,4-5,7-14H2,1-2H3/p+1/t15?,16?,17?,18?,19?,20?,21?,22?,23?,24?,25?,26-,27-,29?,30-,31+,32-,33-,34-,35?,36-,37-,38-/m1/s1. The third kappa shape index (κ3) is 10.2. The largest absolute Gasteiger partial charge is 0.453 e. The van der Waals surface area contributed by atoms with Crippen molar-refractivity contribution in [3.63, 3.8) is 0 Å². The molecule has 6 rings (SSSR count). The summed E-state index contributed by atoms with van der Waals surface area (Å²) in [6.45, 7) is -1.33. The van der Waals surface area contributed by atoms with Gasteiger partial charge in [-0.3, -0.25) is 0 Å². The first-order valence-corrected chi connectivity index (χ1v) is 20.3. The predicted octanol–water partition coefficient (Wildman–Crippen LogP) is -4.77. The number of carbonyl (C=O) groups excluding carboxylic acids is 1. The van der Waals surface area contributed by atoms with Crippen LogP contribution in [-0.4, -0.2) is 217 Å². The monoisotopic (exact) mass is 839 g/mol. The van der Waals surface area contributed by atoms with E-state index in [0.717, 1.165) is 6.08 Å². The lowest BCUT2D eigenvalue weighted by atomic mass is 9.72. The summed E-state index contributed by atoms with van der Waals surface area (Å²) in [5.41, 5.74) is 0. The van der Waals surface area contributed by atoms with Crippen molar-refractivity contribution < 1.29 is 98.9 Å². The number of hydrogen-bond donors (Lipinski definition) is 11. The zero-order valence-electron chi connectivity index (χ0n) is 32.6. The molecule has 3 heterocycles. The first-order chi connectivity index (χ1) is 27.6. The molecule has 334 valence electrons. The summed E-state index contributed by atoms with van der Waals surface area (Å²) in [6.07, 6.45) is -18.9. The molecule has 3 saturated carbocycles. The molecule has 12 N–H and O–H groups in total. The number of carbonyl (C=O) groups is 1. The molecule has 11 unspecified atom stereocenters. The fourth-order valence-electron chi connectivity index (χ4n) is 9.60. The molecule has 0 radical (unpaired) electrons. The molecule has 3 aliphatic carbocycles. The molecule has 0 aromatic heterocycles. The summed E-state index contributed by atoms with van der Waals surface area (Å²) in [4.78, 5) is 13.3. The first kappa shape index (κ1) is 46.0. The molecule has 6 fully saturated rings. The number of aliphatic hydroxyl groups excluding tert-OH is 11. The van der Waals surface area contributed by atoms with Gasteiger partial charge in [0.15, 0.2) is 30.9 Å². The van der Waals surface area contributed by atoms with E-state index < -0.39 is 148 Å². The maximum absolute atomic E-state index is 13.3. The van der Waals surface area contributed by atoms with Crippen LogP contribution in [0.15, 0.2) is 12.2 Å². The molecule has 6 aliphatic rings. The summed E-state index contributed by atoms with van der Waals surface area (Å²) in [7, 11) is 2.91. The van der Waals surface area contributed by atoms with Gasteiger partial charge >= 0.3 is 5.97 Å². The van der Waals surface area contributed by atoms with E-state index in [1.807, 2.05) is 0 Å². The lowest BCUT2D eigenvalue weighted by Gasteiger charge is -2.48. The highest BCUT2D eigenvalue weighted by Crippen LogP contribution is 2.42. The molecule has 0 aromatic carbocycles. The molecule has 20 heteroatoms. The highest BCUT2D eigenvalue weighted by atomic mass is 16.7. The molecule has 0 amide bonds.